The summed E-state index contributed by atoms with van der Waals surface area (Å²) < 4.78 is 4.73. The molecule has 2 aromatic carbocycles. The Labute approximate surface area is 140 Å². The maximum absolute atomic E-state index is 10.7. The Balaban J connectivity index is 1.83. The van der Waals surface area contributed by atoms with Crippen LogP contribution in [0.1, 0.15) is 16.7 Å². The van der Waals surface area contributed by atoms with Crippen molar-refractivity contribution in [2.24, 2.45) is 0 Å². The van der Waals surface area contributed by atoms with Gasteiger partial charge in [-0.2, -0.15) is 0 Å². The molecule has 0 saturated carbocycles. The largest absolute Gasteiger partial charge is 0.512 e. The monoisotopic (exact) mass is 319 g/mol. The van der Waals surface area contributed by atoms with Crippen LogP contribution >= 0.6 is 0 Å². The van der Waals surface area contributed by atoms with Crippen molar-refractivity contribution in [1.29, 1.82) is 0 Å². The first-order valence-corrected chi connectivity index (χ1v) is 7.63. The zero-order valence-corrected chi connectivity index (χ0v) is 13.3. The molecule has 120 valence electrons. The molecule has 0 spiro atoms. The highest BCUT2D eigenvalue weighted by Crippen LogP contribution is 2.25. The van der Waals surface area contributed by atoms with Crippen molar-refractivity contribution in [2.45, 2.75) is 13.3 Å². The van der Waals surface area contributed by atoms with Crippen LogP contribution in [-0.2, 0) is 6.42 Å². The van der Waals surface area contributed by atoms with Gasteiger partial charge < -0.3 is 9.84 Å². The summed E-state index contributed by atoms with van der Waals surface area (Å²) in [6, 6.07) is 20.1. The Kier molecular flexibility index (Phi) is 4.57. The quantitative estimate of drug-likeness (QED) is 0.708. The third-order valence-corrected chi connectivity index (χ3v) is 3.84. The van der Waals surface area contributed by atoms with Crippen molar-refractivity contribution in [3.05, 3.63) is 83.6 Å². The highest BCUT2D eigenvalue weighted by molar-refractivity contribution is 5.67. The van der Waals surface area contributed by atoms with Gasteiger partial charge in [-0.05, 0) is 35.2 Å². The number of ether oxygens (including phenoxy) is 1. The lowest BCUT2D eigenvalue weighted by Gasteiger charge is -2.09. The molecule has 0 bridgehead atoms. The van der Waals surface area contributed by atoms with Crippen molar-refractivity contribution >= 4 is 6.16 Å². The number of pyridine rings is 1. The van der Waals surface area contributed by atoms with Gasteiger partial charge in [0.25, 0.3) is 0 Å². The molecule has 0 saturated heterocycles. The number of carbonyl (C=O) groups is 1. The number of aromatic nitrogens is 1. The zero-order chi connectivity index (χ0) is 16.9. The molecule has 0 amide bonds. The highest BCUT2D eigenvalue weighted by Gasteiger charge is 2.10. The van der Waals surface area contributed by atoms with E-state index in [1.807, 2.05) is 30.3 Å². The summed E-state index contributed by atoms with van der Waals surface area (Å²) in [5.74, 6) is 0.132. The summed E-state index contributed by atoms with van der Waals surface area (Å²) in [5.41, 5.74) is 5.40. The van der Waals surface area contributed by atoms with E-state index in [-0.39, 0.29) is 5.88 Å². The molecular weight excluding hydrogens is 302 g/mol. The molecule has 1 N–H and O–H groups in total. The van der Waals surface area contributed by atoms with E-state index >= 15 is 0 Å². The Morgan fingerprint density at radius 1 is 1.04 bits per heavy atom. The summed E-state index contributed by atoms with van der Waals surface area (Å²) in [4.78, 5) is 14.7. The molecule has 0 unspecified atom stereocenters. The van der Waals surface area contributed by atoms with Gasteiger partial charge in [-0.25, -0.2) is 9.78 Å². The third-order valence-electron chi connectivity index (χ3n) is 3.84. The number of benzene rings is 2. The zero-order valence-electron chi connectivity index (χ0n) is 13.3. The maximum atomic E-state index is 10.7. The minimum atomic E-state index is -1.36. The summed E-state index contributed by atoms with van der Waals surface area (Å²) >= 11 is 0. The van der Waals surface area contributed by atoms with Crippen LogP contribution in [0.3, 0.4) is 0 Å². The lowest BCUT2D eigenvalue weighted by atomic mass is 9.98. The second-order valence-electron chi connectivity index (χ2n) is 5.52. The molecule has 3 rings (SSSR count). The Hall–Kier alpha value is -3.14. The van der Waals surface area contributed by atoms with Crippen LogP contribution in [0.15, 0.2) is 66.9 Å². The molecule has 24 heavy (non-hydrogen) atoms. The molecule has 0 aliphatic heterocycles. The second-order valence-corrected chi connectivity index (χ2v) is 5.52. The summed E-state index contributed by atoms with van der Waals surface area (Å²) in [6.45, 7) is 2.09. The smallest absolute Gasteiger partial charge is 0.449 e. The molecule has 0 atom stereocenters. The van der Waals surface area contributed by atoms with Crippen LogP contribution in [0.5, 0.6) is 5.88 Å². The summed E-state index contributed by atoms with van der Waals surface area (Å²) in [5, 5.41) is 8.78. The van der Waals surface area contributed by atoms with Crippen LogP contribution in [0, 0.1) is 6.92 Å². The van der Waals surface area contributed by atoms with Crippen LogP contribution in [0.4, 0.5) is 4.79 Å². The van der Waals surface area contributed by atoms with Gasteiger partial charge >= 0.3 is 6.16 Å². The van der Waals surface area contributed by atoms with Gasteiger partial charge in [0, 0.05) is 18.2 Å². The normalized spacial score (nSPS) is 10.4. The minimum absolute atomic E-state index is 0.132. The van der Waals surface area contributed by atoms with E-state index in [1.54, 1.807) is 6.07 Å². The topological polar surface area (TPSA) is 59.4 Å². The molecule has 0 fully saturated rings. The van der Waals surface area contributed by atoms with Crippen LogP contribution in [0.2, 0.25) is 0 Å². The lowest BCUT2D eigenvalue weighted by molar-refractivity contribution is 0.142. The number of carboxylic acid groups (broad SMARTS) is 1. The fourth-order valence-electron chi connectivity index (χ4n) is 2.65. The van der Waals surface area contributed by atoms with Gasteiger partial charge in [0.15, 0.2) is 0 Å². The predicted molar refractivity (Wildman–Crippen MR) is 92.3 cm³/mol. The average Bonchev–Trinajstić information content (AvgIpc) is 2.57. The number of hydrogen-bond acceptors (Lipinski definition) is 3. The Bertz CT molecular complexity index is 857. The molecule has 3 aromatic rings. The summed E-state index contributed by atoms with van der Waals surface area (Å²) in [6.07, 6.45) is 0.720. The van der Waals surface area contributed by atoms with E-state index in [1.165, 1.54) is 17.3 Å². The third kappa shape index (κ3) is 3.60. The molecule has 0 radical (unpaired) electrons. The molecule has 4 heteroatoms. The Morgan fingerprint density at radius 2 is 1.79 bits per heavy atom. The van der Waals surface area contributed by atoms with Gasteiger partial charge in [0.2, 0.25) is 5.88 Å². The number of nitrogens with zero attached hydrogens (tertiary/aromatic N) is 1. The molecule has 4 nitrogen and oxygen atoms in total. The first kappa shape index (κ1) is 15.7. The van der Waals surface area contributed by atoms with Crippen LogP contribution in [0.25, 0.3) is 11.1 Å². The maximum Gasteiger partial charge on any atom is 0.512 e. The van der Waals surface area contributed by atoms with E-state index < -0.39 is 6.16 Å². The van der Waals surface area contributed by atoms with Crippen LogP contribution in [-0.4, -0.2) is 16.2 Å². The van der Waals surface area contributed by atoms with Gasteiger partial charge in [0.05, 0.1) is 0 Å². The van der Waals surface area contributed by atoms with E-state index in [9.17, 15) is 4.79 Å². The van der Waals surface area contributed by atoms with Crippen molar-refractivity contribution in [1.82, 2.24) is 4.98 Å². The molecule has 0 aliphatic carbocycles. The standard InChI is InChI=1S/C20H17NO3/c1-14-5-2-3-7-18(14)16-10-8-15(9-11-16)13-17-6-4-12-21-19(17)24-20(22)23/h2-12H,13H2,1H3,(H,22,23). The van der Waals surface area contributed by atoms with Crippen molar-refractivity contribution in [2.75, 3.05) is 0 Å². The average molecular weight is 319 g/mol. The van der Waals surface area contributed by atoms with Gasteiger partial charge in [-0.3, -0.25) is 0 Å². The predicted octanol–water partition coefficient (Wildman–Crippen LogP) is 4.70. The van der Waals surface area contributed by atoms with Gasteiger partial charge in [-0.1, -0.05) is 54.6 Å². The number of aryl methyl sites for hydroxylation is 1. The molecular formula is C20H17NO3. The first-order valence-electron chi connectivity index (χ1n) is 7.63. The van der Waals surface area contributed by atoms with E-state index in [0.29, 0.717) is 6.42 Å². The summed E-state index contributed by atoms with van der Waals surface area (Å²) in [7, 11) is 0. The van der Waals surface area contributed by atoms with E-state index in [4.69, 9.17) is 9.84 Å². The SMILES string of the molecule is Cc1ccccc1-c1ccc(Cc2cccnc2OC(=O)O)cc1. The molecule has 0 aliphatic rings. The molecule has 1 heterocycles. The number of hydrogen-bond donors (Lipinski definition) is 1. The second kappa shape index (κ2) is 6.96. The highest BCUT2D eigenvalue weighted by atomic mass is 16.7. The van der Waals surface area contributed by atoms with Crippen LogP contribution < -0.4 is 4.74 Å². The van der Waals surface area contributed by atoms with E-state index in [0.717, 1.165) is 16.7 Å². The van der Waals surface area contributed by atoms with E-state index in [2.05, 4.69) is 36.2 Å². The van der Waals surface area contributed by atoms with Gasteiger partial charge in [-0.15, -0.1) is 0 Å². The van der Waals surface area contributed by atoms with Crippen molar-refractivity contribution in [3.8, 4) is 17.0 Å². The minimum Gasteiger partial charge on any atom is -0.449 e. The first-order chi connectivity index (χ1) is 11.6. The van der Waals surface area contributed by atoms with Crippen molar-refractivity contribution < 1.29 is 14.6 Å². The fourth-order valence-corrected chi connectivity index (χ4v) is 2.65. The lowest BCUT2D eigenvalue weighted by Crippen LogP contribution is -2.07. The van der Waals surface area contributed by atoms with Crippen molar-refractivity contribution in [3.63, 3.8) is 0 Å². The number of rotatable bonds is 4. The van der Waals surface area contributed by atoms with Gasteiger partial charge in [0.1, 0.15) is 0 Å². The fraction of sp³-hybridized carbons (Fsp3) is 0.100. The molecule has 1 aromatic heterocycles. The Morgan fingerprint density at radius 3 is 2.50 bits per heavy atom.